The second kappa shape index (κ2) is 8.65. The lowest BCUT2D eigenvalue weighted by atomic mass is 9.41. The number of rotatable bonds is 5. The molecule has 4 fully saturated rings. The molecule has 5 aliphatic rings. The zero-order chi connectivity index (χ0) is 27.5. The number of benzene rings is 2. The predicted molar refractivity (Wildman–Crippen MR) is 163 cm³/mol. The number of aromatic amines is 2. The molecule has 6 nitrogen and oxygen atoms in total. The van der Waals surface area contributed by atoms with Crippen molar-refractivity contribution in [2.24, 2.45) is 11.3 Å². The molecule has 3 aliphatic carbocycles. The van der Waals surface area contributed by atoms with Gasteiger partial charge < -0.3 is 9.97 Å². The summed E-state index contributed by atoms with van der Waals surface area (Å²) in [6.45, 7) is 4.84. The highest BCUT2D eigenvalue weighted by Crippen LogP contribution is 2.79. The number of H-pyrrole nitrogens is 2. The van der Waals surface area contributed by atoms with Gasteiger partial charge in [0.2, 0.25) is 0 Å². The van der Waals surface area contributed by atoms with Crippen molar-refractivity contribution in [2.75, 3.05) is 27.2 Å². The number of aromatic nitrogens is 4. The lowest BCUT2D eigenvalue weighted by Gasteiger charge is -2.62. The van der Waals surface area contributed by atoms with Crippen LogP contribution in [0.3, 0.4) is 0 Å². The third-order valence-electron chi connectivity index (χ3n) is 11.7. The molecular weight excluding hydrogens is 504 g/mol. The summed E-state index contributed by atoms with van der Waals surface area (Å²) in [7, 11) is 4.43. The van der Waals surface area contributed by atoms with E-state index < -0.39 is 0 Å². The van der Waals surface area contributed by atoms with E-state index in [2.05, 4.69) is 83.4 Å². The third kappa shape index (κ3) is 3.44. The zero-order valence-electron chi connectivity index (χ0n) is 24.5. The Morgan fingerprint density at radius 2 is 1.24 bits per heavy atom. The Bertz CT molecular complexity index is 1650. The number of hydrogen-bond acceptors (Lipinski definition) is 4. The van der Waals surface area contributed by atoms with Gasteiger partial charge in [0.05, 0.1) is 35.9 Å². The molecule has 2 aromatic heterocycles. The van der Waals surface area contributed by atoms with E-state index in [-0.39, 0.29) is 0 Å². The summed E-state index contributed by atoms with van der Waals surface area (Å²) in [6.07, 6.45) is 11.7. The number of nitrogens with zero attached hydrogens (tertiary/aromatic N) is 4. The molecule has 0 bridgehead atoms. The van der Waals surface area contributed by atoms with Crippen LogP contribution in [-0.4, -0.2) is 56.9 Å². The summed E-state index contributed by atoms with van der Waals surface area (Å²) in [5.74, 6) is 4.44. The Morgan fingerprint density at radius 1 is 0.707 bits per heavy atom. The van der Waals surface area contributed by atoms with Crippen molar-refractivity contribution in [1.82, 2.24) is 29.7 Å². The maximum Gasteiger partial charge on any atom is 0.123 e. The smallest absolute Gasteiger partial charge is 0.123 e. The first kappa shape index (κ1) is 24.4. The first-order valence-electron chi connectivity index (χ1n) is 15.8. The average Bonchev–Trinajstić information content (AvgIpc) is 3.79. The summed E-state index contributed by atoms with van der Waals surface area (Å²) in [6, 6.07) is 14.8. The van der Waals surface area contributed by atoms with Gasteiger partial charge in [-0.3, -0.25) is 9.80 Å². The van der Waals surface area contributed by atoms with Crippen LogP contribution in [0.5, 0.6) is 0 Å². The van der Waals surface area contributed by atoms with E-state index in [1.165, 1.54) is 66.5 Å². The largest absolute Gasteiger partial charge is 0.341 e. The molecule has 2 N–H and O–H groups in total. The fourth-order valence-corrected chi connectivity index (χ4v) is 9.67. The molecule has 0 amide bonds. The molecule has 4 aromatic rings. The molecular formula is C35H40N6. The van der Waals surface area contributed by atoms with Crippen molar-refractivity contribution >= 4 is 0 Å². The molecule has 2 aliphatic heterocycles. The summed E-state index contributed by atoms with van der Waals surface area (Å²) in [5.41, 5.74) is 11.5. The highest BCUT2D eigenvalue weighted by atomic mass is 15.2. The molecule has 6 heteroatoms. The lowest BCUT2D eigenvalue weighted by molar-refractivity contribution is -0.0892. The Morgan fingerprint density at radius 3 is 1.83 bits per heavy atom. The third-order valence-corrected chi connectivity index (χ3v) is 11.7. The Labute approximate surface area is 242 Å². The quantitative estimate of drug-likeness (QED) is 0.277. The molecule has 9 rings (SSSR count). The van der Waals surface area contributed by atoms with Crippen molar-refractivity contribution in [3.05, 3.63) is 71.6 Å². The van der Waals surface area contributed by atoms with Crippen LogP contribution in [0.1, 0.15) is 92.1 Å². The van der Waals surface area contributed by atoms with Crippen LogP contribution >= 0.6 is 0 Å². The van der Waals surface area contributed by atoms with E-state index in [1.807, 2.05) is 6.20 Å². The van der Waals surface area contributed by atoms with E-state index in [9.17, 15) is 0 Å². The Kier molecular flexibility index (Phi) is 5.14. The molecule has 2 aromatic carbocycles. The monoisotopic (exact) mass is 544 g/mol. The second-order valence-corrected chi connectivity index (χ2v) is 14.0. The van der Waals surface area contributed by atoms with E-state index in [0.717, 1.165) is 36.4 Å². The SMILES string of the molecule is CN1CCCC1c1ncc(-c2ccc(-c3ccc(-c4cnc([C@@H]5CCCN5C)[nH]4)cc3)c3c2C2CC4(C)CC3C24)[nH]1. The molecule has 0 radical (unpaired) electrons. The number of imidazole rings is 2. The Hall–Kier alpha value is -3.22. The minimum Gasteiger partial charge on any atom is -0.341 e. The minimum absolute atomic E-state index is 0.415. The number of fused-ring (bicyclic) bond motifs is 3. The first-order chi connectivity index (χ1) is 20.0. The van der Waals surface area contributed by atoms with Gasteiger partial charge in [0.15, 0.2) is 0 Å². The summed E-state index contributed by atoms with van der Waals surface area (Å²) in [5, 5.41) is 0. The fraction of sp³-hybridized carbons (Fsp3) is 0.486. The highest BCUT2D eigenvalue weighted by molar-refractivity contribution is 5.81. The van der Waals surface area contributed by atoms with E-state index >= 15 is 0 Å². The van der Waals surface area contributed by atoms with Crippen molar-refractivity contribution in [3.63, 3.8) is 0 Å². The van der Waals surface area contributed by atoms with Gasteiger partial charge in [0.25, 0.3) is 0 Å². The van der Waals surface area contributed by atoms with Crippen LogP contribution in [0, 0.1) is 11.3 Å². The van der Waals surface area contributed by atoms with Crippen molar-refractivity contribution in [2.45, 2.75) is 69.4 Å². The van der Waals surface area contributed by atoms with Crippen molar-refractivity contribution in [1.29, 1.82) is 0 Å². The number of nitrogens with one attached hydrogen (secondary N) is 2. The zero-order valence-corrected chi connectivity index (χ0v) is 24.5. The fourth-order valence-electron chi connectivity index (χ4n) is 9.67. The minimum atomic E-state index is 0.415. The van der Waals surface area contributed by atoms with Crippen LogP contribution in [0.4, 0.5) is 0 Å². The van der Waals surface area contributed by atoms with Gasteiger partial charge in [-0.05, 0) is 117 Å². The molecule has 210 valence electrons. The van der Waals surface area contributed by atoms with Gasteiger partial charge in [0, 0.05) is 5.56 Å². The summed E-state index contributed by atoms with van der Waals surface area (Å²) in [4.78, 5) is 21.9. The van der Waals surface area contributed by atoms with Gasteiger partial charge in [-0.25, -0.2) is 9.97 Å². The van der Waals surface area contributed by atoms with Crippen molar-refractivity contribution < 1.29 is 0 Å². The maximum absolute atomic E-state index is 4.90. The van der Waals surface area contributed by atoms with Crippen LogP contribution in [0.25, 0.3) is 33.6 Å². The van der Waals surface area contributed by atoms with E-state index in [0.29, 0.717) is 29.3 Å². The summed E-state index contributed by atoms with van der Waals surface area (Å²) < 4.78 is 0. The molecule has 2 saturated heterocycles. The Balaban J connectivity index is 1.07. The predicted octanol–water partition coefficient (Wildman–Crippen LogP) is 7.28. The van der Waals surface area contributed by atoms with Crippen molar-refractivity contribution in [3.8, 4) is 33.6 Å². The van der Waals surface area contributed by atoms with Crippen LogP contribution in [0.2, 0.25) is 0 Å². The maximum atomic E-state index is 4.90. The normalized spacial score (nSPS) is 32.1. The van der Waals surface area contributed by atoms with E-state index in [1.54, 1.807) is 11.1 Å². The summed E-state index contributed by atoms with van der Waals surface area (Å²) >= 11 is 0. The molecule has 4 heterocycles. The molecule has 6 atom stereocenters. The van der Waals surface area contributed by atoms with Gasteiger partial charge in [-0.1, -0.05) is 43.3 Å². The van der Waals surface area contributed by atoms with Crippen LogP contribution in [-0.2, 0) is 0 Å². The average molecular weight is 545 g/mol. The van der Waals surface area contributed by atoms with E-state index in [4.69, 9.17) is 9.97 Å². The van der Waals surface area contributed by atoms with Gasteiger partial charge in [-0.2, -0.15) is 0 Å². The van der Waals surface area contributed by atoms with Gasteiger partial charge in [0.1, 0.15) is 11.6 Å². The van der Waals surface area contributed by atoms with Gasteiger partial charge >= 0.3 is 0 Å². The number of likely N-dealkylation sites (tertiary alicyclic amines) is 2. The molecule has 5 unspecified atom stereocenters. The standard InChI is InChI=1S/C35H40N6/c1-35-16-24-30-22(20-8-10-21(11-9-20)26-18-36-33(38-26)28-6-4-14-40(28)2)12-13-23(31(30)25(17-35)32(24)35)27-19-37-34(39-27)29-7-5-15-41(29)3/h8-13,18-19,24-25,28-29,32H,4-7,14-17H2,1-3H3,(H,36,38)(H,37,39)/t24?,25?,28-,29?,32?,35?/m0/s1. The molecule has 0 spiro atoms. The first-order valence-corrected chi connectivity index (χ1v) is 15.8. The molecule has 2 saturated carbocycles. The van der Waals surface area contributed by atoms with Crippen LogP contribution in [0.15, 0.2) is 48.8 Å². The topological polar surface area (TPSA) is 63.8 Å². The second-order valence-electron chi connectivity index (χ2n) is 14.0. The highest BCUT2D eigenvalue weighted by Gasteiger charge is 2.67. The number of hydrogen-bond donors (Lipinski definition) is 2. The lowest BCUT2D eigenvalue weighted by Crippen LogP contribution is -2.53. The van der Waals surface area contributed by atoms with Crippen LogP contribution < -0.4 is 0 Å². The molecule has 41 heavy (non-hydrogen) atoms. The van der Waals surface area contributed by atoms with Gasteiger partial charge in [-0.15, -0.1) is 0 Å².